The summed E-state index contributed by atoms with van der Waals surface area (Å²) in [5, 5.41) is 16.3. The Labute approximate surface area is 164 Å². The van der Waals surface area contributed by atoms with Crippen LogP contribution in [0.3, 0.4) is 0 Å². The van der Waals surface area contributed by atoms with Crippen molar-refractivity contribution in [2.75, 3.05) is 13.1 Å². The lowest BCUT2D eigenvalue weighted by Crippen LogP contribution is -2.46. The summed E-state index contributed by atoms with van der Waals surface area (Å²) >= 11 is 0. The molecule has 28 heavy (non-hydrogen) atoms. The third-order valence-electron chi connectivity index (χ3n) is 4.65. The minimum Gasteiger partial charge on any atom is -0.480 e. The maximum atomic E-state index is 13.1. The highest BCUT2D eigenvalue weighted by atomic mass is 16.4. The molecule has 1 aromatic heterocycles. The molecule has 1 aromatic carbocycles. The molecule has 0 aliphatic heterocycles. The summed E-state index contributed by atoms with van der Waals surface area (Å²) in [6.07, 6.45) is 1.46. The van der Waals surface area contributed by atoms with E-state index < -0.39 is 17.9 Å². The first-order chi connectivity index (χ1) is 13.1. The van der Waals surface area contributed by atoms with Crippen LogP contribution in [0.4, 0.5) is 0 Å². The van der Waals surface area contributed by atoms with Crippen molar-refractivity contribution in [2.24, 2.45) is 0 Å². The Morgan fingerprint density at radius 1 is 1.25 bits per heavy atom. The molecule has 2 rings (SSSR count). The number of hydrogen-bond acceptors (Lipinski definition) is 4. The lowest BCUT2D eigenvalue weighted by Gasteiger charge is -2.26. The van der Waals surface area contributed by atoms with E-state index in [2.05, 4.69) is 10.4 Å². The fourth-order valence-electron chi connectivity index (χ4n) is 2.92. The molecular formula is C20H26N4O4. The van der Waals surface area contributed by atoms with Crippen molar-refractivity contribution in [2.45, 2.75) is 40.7 Å². The zero-order valence-corrected chi connectivity index (χ0v) is 16.8. The summed E-state index contributed by atoms with van der Waals surface area (Å²) < 4.78 is 1.69. The van der Waals surface area contributed by atoms with E-state index >= 15 is 0 Å². The van der Waals surface area contributed by atoms with Crippen molar-refractivity contribution >= 4 is 17.8 Å². The van der Waals surface area contributed by atoms with E-state index in [1.165, 1.54) is 24.9 Å². The molecule has 0 aliphatic carbocycles. The van der Waals surface area contributed by atoms with Gasteiger partial charge in [-0.05, 0) is 44.9 Å². The van der Waals surface area contributed by atoms with Crippen LogP contribution in [-0.4, -0.2) is 56.7 Å². The second-order valence-corrected chi connectivity index (χ2v) is 6.84. The number of carbonyl (C=O) groups is 3. The van der Waals surface area contributed by atoms with Gasteiger partial charge < -0.3 is 15.3 Å². The normalized spacial score (nSPS) is 11.8. The molecule has 8 nitrogen and oxygen atoms in total. The molecule has 2 amide bonds. The Kier molecular flexibility index (Phi) is 6.56. The standard InChI is InChI=1S/C20H26N4O4/c1-12-6-7-13(2)18(10-12)24-14(3)17(11-22-24)19(26)23(15(4)20(27)28)9-8-21-16(5)25/h6-7,10-11,15H,8-9H2,1-5H3,(H,21,25)(H,27,28). The largest absolute Gasteiger partial charge is 0.480 e. The van der Waals surface area contributed by atoms with E-state index in [1.54, 1.807) is 11.6 Å². The monoisotopic (exact) mass is 386 g/mol. The molecular weight excluding hydrogens is 360 g/mol. The predicted molar refractivity (Wildman–Crippen MR) is 105 cm³/mol. The van der Waals surface area contributed by atoms with Gasteiger partial charge in [-0.1, -0.05) is 12.1 Å². The summed E-state index contributed by atoms with van der Waals surface area (Å²) in [5.74, 6) is -1.79. The van der Waals surface area contributed by atoms with E-state index in [-0.39, 0.29) is 19.0 Å². The van der Waals surface area contributed by atoms with Crippen molar-refractivity contribution in [1.82, 2.24) is 20.0 Å². The Morgan fingerprint density at radius 3 is 2.54 bits per heavy atom. The zero-order valence-electron chi connectivity index (χ0n) is 16.8. The first-order valence-corrected chi connectivity index (χ1v) is 9.04. The van der Waals surface area contributed by atoms with Gasteiger partial charge in [-0.3, -0.25) is 9.59 Å². The third-order valence-corrected chi connectivity index (χ3v) is 4.65. The van der Waals surface area contributed by atoms with E-state index in [1.807, 2.05) is 32.0 Å². The molecule has 2 aromatic rings. The number of carboxylic acid groups (broad SMARTS) is 1. The van der Waals surface area contributed by atoms with Gasteiger partial charge in [-0.25, -0.2) is 9.48 Å². The van der Waals surface area contributed by atoms with Gasteiger partial charge in [0.2, 0.25) is 5.91 Å². The SMILES string of the molecule is CC(=O)NCCN(C(=O)c1cnn(-c2cc(C)ccc2C)c1C)C(C)C(=O)O. The van der Waals surface area contributed by atoms with Crippen LogP contribution < -0.4 is 5.32 Å². The van der Waals surface area contributed by atoms with E-state index in [0.29, 0.717) is 11.3 Å². The maximum Gasteiger partial charge on any atom is 0.326 e. The number of aryl methyl sites for hydroxylation is 2. The quantitative estimate of drug-likeness (QED) is 0.756. The second kappa shape index (κ2) is 8.69. The van der Waals surface area contributed by atoms with Crippen LogP contribution in [0.25, 0.3) is 5.69 Å². The van der Waals surface area contributed by atoms with Gasteiger partial charge in [-0.15, -0.1) is 0 Å². The van der Waals surface area contributed by atoms with Crippen LogP contribution in [-0.2, 0) is 9.59 Å². The molecule has 1 heterocycles. The Hall–Kier alpha value is -3.16. The summed E-state index contributed by atoms with van der Waals surface area (Å²) in [6, 6.07) is 4.93. The van der Waals surface area contributed by atoms with E-state index in [4.69, 9.17) is 0 Å². The lowest BCUT2D eigenvalue weighted by molar-refractivity contribution is -0.141. The molecule has 8 heteroatoms. The average molecular weight is 386 g/mol. The summed E-state index contributed by atoms with van der Waals surface area (Å²) in [4.78, 5) is 36.9. The average Bonchev–Trinajstić information content (AvgIpc) is 3.00. The Balaban J connectivity index is 2.37. The molecule has 0 bridgehead atoms. The number of aliphatic carboxylic acids is 1. The van der Waals surface area contributed by atoms with Crippen LogP contribution in [0.2, 0.25) is 0 Å². The number of rotatable bonds is 7. The number of benzene rings is 1. The van der Waals surface area contributed by atoms with Crippen molar-refractivity contribution in [3.8, 4) is 5.69 Å². The number of hydrogen-bond donors (Lipinski definition) is 2. The molecule has 1 atom stereocenters. The minimum atomic E-state index is -1.12. The molecule has 2 N–H and O–H groups in total. The van der Waals surface area contributed by atoms with E-state index in [9.17, 15) is 19.5 Å². The predicted octanol–water partition coefficient (Wildman–Crippen LogP) is 1.85. The fourth-order valence-corrected chi connectivity index (χ4v) is 2.92. The fraction of sp³-hybridized carbons (Fsp3) is 0.400. The number of amides is 2. The number of carbonyl (C=O) groups excluding carboxylic acids is 2. The molecule has 0 radical (unpaired) electrons. The van der Waals surface area contributed by atoms with Crippen LogP contribution in [0.15, 0.2) is 24.4 Å². The zero-order chi connectivity index (χ0) is 21.0. The van der Waals surface area contributed by atoms with Gasteiger partial charge >= 0.3 is 5.97 Å². The number of carboxylic acids is 1. The van der Waals surface area contributed by atoms with Crippen LogP contribution >= 0.6 is 0 Å². The van der Waals surface area contributed by atoms with Crippen molar-refractivity contribution in [3.05, 3.63) is 46.8 Å². The van der Waals surface area contributed by atoms with Gasteiger partial charge in [0.15, 0.2) is 0 Å². The van der Waals surface area contributed by atoms with Crippen molar-refractivity contribution in [3.63, 3.8) is 0 Å². The highest BCUT2D eigenvalue weighted by molar-refractivity contribution is 5.97. The van der Waals surface area contributed by atoms with E-state index in [0.717, 1.165) is 16.8 Å². The number of nitrogens with zero attached hydrogens (tertiary/aromatic N) is 3. The number of aromatic nitrogens is 2. The van der Waals surface area contributed by atoms with Crippen molar-refractivity contribution in [1.29, 1.82) is 0 Å². The Morgan fingerprint density at radius 2 is 1.93 bits per heavy atom. The first-order valence-electron chi connectivity index (χ1n) is 9.04. The van der Waals surface area contributed by atoms with Gasteiger partial charge in [0.25, 0.3) is 5.91 Å². The molecule has 0 spiro atoms. The topological polar surface area (TPSA) is 105 Å². The van der Waals surface area contributed by atoms with Crippen LogP contribution in [0, 0.1) is 20.8 Å². The molecule has 1 unspecified atom stereocenters. The second-order valence-electron chi connectivity index (χ2n) is 6.84. The smallest absolute Gasteiger partial charge is 0.326 e. The first kappa shape index (κ1) is 21.1. The molecule has 0 saturated heterocycles. The van der Waals surface area contributed by atoms with Crippen molar-refractivity contribution < 1.29 is 19.5 Å². The summed E-state index contributed by atoms with van der Waals surface area (Å²) in [6.45, 7) is 8.78. The van der Waals surface area contributed by atoms with Gasteiger partial charge in [0, 0.05) is 20.0 Å². The highest BCUT2D eigenvalue weighted by Gasteiger charge is 2.28. The molecule has 0 aliphatic rings. The summed E-state index contributed by atoms with van der Waals surface area (Å²) in [7, 11) is 0. The molecule has 0 saturated carbocycles. The van der Waals surface area contributed by atoms with Gasteiger partial charge in [0.05, 0.1) is 23.1 Å². The highest BCUT2D eigenvalue weighted by Crippen LogP contribution is 2.20. The third kappa shape index (κ3) is 4.57. The molecule has 0 fully saturated rings. The van der Waals surface area contributed by atoms with Crippen LogP contribution in [0.5, 0.6) is 0 Å². The Bertz CT molecular complexity index is 904. The maximum absolute atomic E-state index is 13.1. The van der Waals surface area contributed by atoms with Gasteiger partial charge in [-0.2, -0.15) is 5.10 Å². The summed E-state index contributed by atoms with van der Waals surface area (Å²) in [5.41, 5.74) is 3.90. The molecule has 150 valence electrons. The number of nitrogens with one attached hydrogen (secondary N) is 1. The van der Waals surface area contributed by atoms with Gasteiger partial charge in [0.1, 0.15) is 6.04 Å². The lowest BCUT2D eigenvalue weighted by atomic mass is 10.1. The minimum absolute atomic E-state index is 0.0833. The van der Waals surface area contributed by atoms with Crippen LogP contribution in [0.1, 0.15) is 41.0 Å².